The van der Waals surface area contributed by atoms with Crippen LogP contribution in [0.3, 0.4) is 0 Å². The summed E-state index contributed by atoms with van der Waals surface area (Å²) in [6, 6.07) is 15.3. The quantitative estimate of drug-likeness (QED) is 0.482. The van der Waals surface area contributed by atoms with Gasteiger partial charge in [-0.2, -0.15) is 0 Å². The van der Waals surface area contributed by atoms with Gasteiger partial charge in [0.2, 0.25) is 0 Å². The van der Waals surface area contributed by atoms with E-state index < -0.39 is 5.91 Å². The Bertz CT molecular complexity index is 832. The molecule has 1 N–H and O–H groups in total. The fourth-order valence-corrected chi connectivity index (χ4v) is 2.17. The van der Waals surface area contributed by atoms with Crippen LogP contribution >= 0.6 is 0 Å². The normalized spacial score (nSPS) is 11.7. The fourth-order valence-electron chi connectivity index (χ4n) is 2.17. The van der Waals surface area contributed by atoms with Crippen molar-refractivity contribution in [2.45, 2.75) is 20.5 Å². The van der Waals surface area contributed by atoms with Gasteiger partial charge in [-0.15, -0.1) is 0 Å². The van der Waals surface area contributed by atoms with Crippen LogP contribution in [0.4, 0.5) is 0 Å². The third kappa shape index (κ3) is 5.85. The van der Waals surface area contributed by atoms with Crippen molar-refractivity contribution >= 4 is 17.5 Å². The molecule has 0 spiro atoms. The van der Waals surface area contributed by atoms with E-state index in [-0.39, 0.29) is 5.90 Å². The van der Waals surface area contributed by atoms with E-state index in [9.17, 15) is 4.79 Å². The van der Waals surface area contributed by atoms with E-state index in [2.05, 4.69) is 20.5 Å². The first kappa shape index (κ1) is 20.0. The number of oxime groups is 2. The molecular weight excluding hydrogens is 346 g/mol. The van der Waals surface area contributed by atoms with Crippen LogP contribution < -0.4 is 10.1 Å². The number of nitrogens with one attached hydrogen (secondary N) is 1. The molecule has 7 heteroatoms. The van der Waals surface area contributed by atoms with E-state index >= 15 is 0 Å². The molecule has 0 aliphatic carbocycles. The van der Waals surface area contributed by atoms with Crippen molar-refractivity contribution < 1.29 is 19.2 Å². The van der Waals surface area contributed by atoms with Crippen LogP contribution in [0.15, 0.2) is 58.8 Å². The second-order valence-corrected chi connectivity index (χ2v) is 5.68. The first-order chi connectivity index (χ1) is 13.0. The summed E-state index contributed by atoms with van der Waals surface area (Å²) in [5.41, 5.74) is 3.36. The molecule has 0 saturated heterocycles. The van der Waals surface area contributed by atoms with Crippen LogP contribution in [0, 0.1) is 6.92 Å². The molecule has 0 aromatic heterocycles. The number of carbonyl (C=O) groups excluding carboxylic acids is 1. The average molecular weight is 369 g/mol. The van der Waals surface area contributed by atoms with E-state index in [1.807, 2.05) is 56.3 Å². The lowest BCUT2D eigenvalue weighted by Crippen LogP contribution is -2.32. The van der Waals surface area contributed by atoms with E-state index in [1.165, 1.54) is 14.2 Å². The summed E-state index contributed by atoms with van der Waals surface area (Å²) in [6.45, 7) is 4.09. The standard InChI is InChI=1S/C20H23N3O4/c1-14-10-11-17(12-18(14)27-20(23-25-4)19(24)21-3)15(2)22-26-13-16-8-6-5-7-9-16/h5-12H,13H2,1-4H3,(H,21,24). The molecule has 7 nitrogen and oxygen atoms in total. The monoisotopic (exact) mass is 369 g/mol. The summed E-state index contributed by atoms with van der Waals surface area (Å²) < 4.78 is 5.62. The van der Waals surface area contributed by atoms with Crippen LogP contribution in [0.5, 0.6) is 5.75 Å². The molecule has 1 amide bonds. The first-order valence-corrected chi connectivity index (χ1v) is 8.37. The van der Waals surface area contributed by atoms with Gasteiger partial charge >= 0.3 is 11.8 Å². The zero-order valence-electron chi connectivity index (χ0n) is 15.9. The van der Waals surface area contributed by atoms with Crippen LogP contribution in [0.2, 0.25) is 0 Å². The molecular formula is C20H23N3O4. The van der Waals surface area contributed by atoms with Gasteiger partial charge in [-0.1, -0.05) is 47.6 Å². The van der Waals surface area contributed by atoms with Crippen LogP contribution in [-0.2, 0) is 21.1 Å². The van der Waals surface area contributed by atoms with Gasteiger partial charge < -0.3 is 19.7 Å². The lowest BCUT2D eigenvalue weighted by molar-refractivity contribution is -0.115. The highest BCUT2D eigenvalue weighted by molar-refractivity contribution is 6.35. The van der Waals surface area contributed by atoms with Crippen molar-refractivity contribution in [2.24, 2.45) is 10.3 Å². The van der Waals surface area contributed by atoms with E-state index in [4.69, 9.17) is 9.57 Å². The number of hydrogen-bond acceptors (Lipinski definition) is 6. The fraction of sp³-hybridized carbons (Fsp3) is 0.250. The van der Waals surface area contributed by atoms with Gasteiger partial charge in [-0.25, -0.2) is 0 Å². The van der Waals surface area contributed by atoms with Gasteiger partial charge in [0.05, 0.1) is 5.71 Å². The van der Waals surface area contributed by atoms with Crippen molar-refractivity contribution in [1.82, 2.24) is 5.32 Å². The van der Waals surface area contributed by atoms with Gasteiger partial charge in [-0.3, -0.25) is 4.79 Å². The molecule has 27 heavy (non-hydrogen) atoms. The lowest BCUT2D eigenvalue weighted by Gasteiger charge is -2.11. The number of amides is 1. The number of benzene rings is 2. The third-order valence-corrected chi connectivity index (χ3v) is 3.68. The summed E-state index contributed by atoms with van der Waals surface area (Å²) in [6.07, 6.45) is 0. The van der Waals surface area contributed by atoms with Crippen LogP contribution in [0.1, 0.15) is 23.6 Å². The predicted molar refractivity (Wildman–Crippen MR) is 104 cm³/mol. The largest absolute Gasteiger partial charge is 0.432 e. The summed E-state index contributed by atoms with van der Waals surface area (Å²) >= 11 is 0. The molecule has 0 atom stereocenters. The van der Waals surface area contributed by atoms with E-state index in [1.54, 1.807) is 6.07 Å². The second kappa shape index (κ2) is 9.96. The molecule has 0 aliphatic rings. The Morgan fingerprint density at radius 2 is 1.85 bits per heavy atom. The highest BCUT2D eigenvalue weighted by atomic mass is 16.6. The Labute approximate surface area is 158 Å². The topological polar surface area (TPSA) is 81.5 Å². The van der Waals surface area contributed by atoms with Gasteiger partial charge in [0.1, 0.15) is 19.5 Å². The van der Waals surface area contributed by atoms with Crippen molar-refractivity contribution in [3.63, 3.8) is 0 Å². The van der Waals surface area contributed by atoms with Gasteiger partial charge in [0.15, 0.2) is 0 Å². The summed E-state index contributed by atoms with van der Waals surface area (Å²) in [5.74, 6) is -0.196. The SMILES string of the molecule is CNC(=O)C(=NOC)Oc1cc(C(C)=NOCc2ccccc2)ccc1C. The Hall–Kier alpha value is -3.35. The third-order valence-electron chi connectivity index (χ3n) is 3.68. The number of hydrogen-bond donors (Lipinski definition) is 1. The number of carbonyl (C=O) groups is 1. The Kier molecular flexibility index (Phi) is 7.37. The van der Waals surface area contributed by atoms with E-state index in [0.29, 0.717) is 18.1 Å². The number of rotatable bonds is 6. The van der Waals surface area contributed by atoms with E-state index in [0.717, 1.165) is 16.7 Å². The molecule has 142 valence electrons. The van der Waals surface area contributed by atoms with Gasteiger partial charge in [-0.05, 0) is 36.2 Å². The Morgan fingerprint density at radius 1 is 1.11 bits per heavy atom. The zero-order chi connectivity index (χ0) is 19.6. The molecule has 0 saturated carbocycles. The summed E-state index contributed by atoms with van der Waals surface area (Å²) in [4.78, 5) is 21.9. The molecule has 2 aromatic carbocycles. The molecule has 2 rings (SSSR count). The zero-order valence-corrected chi connectivity index (χ0v) is 15.9. The van der Waals surface area contributed by atoms with Crippen molar-refractivity contribution in [3.8, 4) is 5.75 Å². The van der Waals surface area contributed by atoms with Crippen molar-refractivity contribution in [1.29, 1.82) is 0 Å². The maximum atomic E-state index is 11.8. The Morgan fingerprint density at radius 3 is 2.52 bits per heavy atom. The summed E-state index contributed by atoms with van der Waals surface area (Å²) in [7, 11) is 2.83. The molecule has 0 aliphatic heterocycles. The molecule has 2 aromatic rings. The number of likely N-dealkylation sites (N-methyl/N-ethyl adjacent to an activating group) is 1. The number of aryl methyl sites for hydroxylation is 1. The number of nitrogens with zero attached hydrogens (tertiary/aromatic N) is 2. The minimum Gasteiger partial charge on any atom is -0.432 e. The minimum absolute atomic E-state index is 0.185. The molecule has 0 fully saturated rings. The maximum Gasteiger partial charge on any atom is 0.321 e. The smallest absolute Gasteiger partial charge is 0.321 e. The first-order valence-electron chi connectivity index (χ1n) is 8.37. The van der Waals surface area contributed by atoms with Gasteiger partial charge in [0, 0.05) is 12.6 Å². The minimum atomic E-state index is -0.488. The predicted octanol–water partition coefficient (Wildman–Crippen LogP) is 3.02. The lowest BCUT2D eigenvalue weighted by atomic mass is 10.1. The highest BCUT2D eigenvalue weighted by Crippen LogP contribution is 2.21. The van der Waals surface area contributed by atoms with Gasteiger partial charge in [0.25, 0.3) is 0 Å². The highest BCUT2D eigenvalue weighted by Gasteiger charge is 2.15. The molecule has 0 heterocycles. The number of ether oxygens (including phenoxy) is 1. The Balaban J connectivity index is 2.14. The second-order valence-electron chi connectivity index (χ2n) is 5.68. The van der Waals surface area contributed by atoms with Crippen LogP contribution in [0.25, 0.3) is 0 Å². The van der Waals surface area contributed by atoms with Crippen molar-refractivity contribution in [3.05, 3.63) is 65.2 Å². The molecule has 0 radical (unpaired) electrons. The molecule has 0 unspecified atom stereocenters. The van der Waals surface area contributed by atoms with Crippen LogP contribution in [-0.4, -0.2) is 31.7 Å². The molecule has 0 bridgehead atoms. The van der Waals surface area contributed by atoms with Crippen molar-refractivity contribution in [2.75, 3.05) is 14.2 Å². The summed E-state index contributed by atoms with van der Waals surface area (Å²) in [5, 5.41) is 10.2. The average Bonchev–Trinajstić information content (AvgIpc) is 2.69. The maximum absolute atomic E-state index is 11.8.